The highest BCUT2D eigenvalue weighted by atomic mass is 35.5. The Morgan fingerprint density at radius 1 is 1.35 bits per heavy atom. The highest BCUT2D eigenvalue weighted by molar-refractivity contribution is 6.42. The predicted octanol–water partition coefficient (Wildman–Crippen LogP) is 2.59. The van der Waals surface area contributed by atoms with Crippen molar-refractivity contribution in [2.45, 2.75) is 12.5 Å². The topological polar surface area (TPSA) is 46.3 Å². The second kappa shape index (κ2) is 5.91. The molecular weight excluding hydrogens is 282 g/mol. The molecule has 1 aliphatic rings. The zero-order valence-electron chi connectivity index (χ0n) is 9.03. The lowest BCUT2D eigenvalue weighted by Crippen LogP contribution is -2.31. The molecule has 1 aliphatic heterocycles. The highest BCUT2D eigenvalue weighted by Crippen LogP contribution is 2.23. The number of likely N-dealkylation sites (tertiary alicyclic amines) is 1. The third-order valence-corrected chi connectivity index (χ3v) is 3.42. The van der Waals surface area contributed by atoms with Gasteiger partial charge in [-0.25, -0.2) is 0 Å². The molecule has 0 spiro atoms. The summed E-state index contributed by atoms with van der Waals surface area (Å²) in [5.41, 5.74) is 6.31. The molecular formula is C11H13Cl3N2O. The second-order valence-corrected chi connectivity index (χ2v) is 4.74. The molecule has 1 amide bonds. The molecule has 1 saturated heterocycles. The van der Waals surface area contributed by atoms with Crippen molar-refractivity contribution in [3.63, 3.8) is 0 Å². The molecule has 17 heavy (non-hydrogen) atoms. The molecule has 2 N–H and O–H groups in total. The number of hydrogen-bond acceptors (Lipinski definition) is 2. The molecule has 0 aromatic heterocycles. The lowest BCUT2D eigenvalue weighted by Gasteiger charge is -2.15. The van der Waals surface area contributed by atoms with Crippen molar-refractivity contribution in [2.75, 3.05) is 13.1 Å². The van der Waals surface area contributed by atoms with Crippen LogP contribution in [-0.4, -0.2) is 29.9 Å². The summed E-state index contributed by atoms with van der Waals surface area (Å²) in [5, 5.41) is 0.854. The number of nitrogens with zero attached hydrogens (tertiary/aromatic N) is 1. The highest BCUT2D eigenvalue weighted by Gasteiger charge is 2.24. The van der Waals surface area contributed by atoms with Crippen molar-refractivity contribution in [3.05, 3.63) is 33.8 Å². The number of carbonyl (C=O) groups is 1. The number of nitrogens with two attached hydrogens (primary N) is 1. The average molecular weight is 296 g/mol. The van der Waals surface area contributed by atoms with E-state index in [1.54, 1.807) is 23.1 Å². The van der Waals surface area contributed by atoms with Gasteiger partial charge in [-0.2, -0.15) is 0 Å². The number of amides is 1. The standard InChI is InChI=1S/C11H12Cl2N2O.ClH/c12-9-2-1-7(5-10(9)13)11(16)15-4-3-8(14)6-15;/h1-2,5,8H,3-4,6,14H2;1H/t8-;/m0./s1. The van der Waals surface area contributed by atoms with Crippen LogP contribution in [0.4, 0.5) is 0 Å². The minimum atomic E-state index is -0.0356. The largest absolute Gasteiger partial charge is 0.337 e. The first kappa shape index (κ1) is 14.6. The van der Waals surface area contributed by atoms with Gasteiger partial charge in [0.25, 0.3) is 5.91 Å². The summed E-state index contributed by atoms with van der Waals surface area (Å²) < 4.78 is 0. The Balaban J connectivity index is 0.00000144. The third-order valence-electron chi connectivity index (χ3n) is 2.68. The van der Waals surface area contributed by atoms with Crippen molar-refractivity contribution in [2.24, 2.45) is 5.73 Å². The molecule has 2 rings (SSSR count). The molecule has 1 aromatic carbocycles. The normalized spacial score (nSPS) is 19.0. The molecule has 0 saturated carbocycles. The summed E-state index contributed by atoms with van der Waals surface area (Å²) in [5.74, 6) is -0.0356. The quantitative estimate of drug-likeness (QED) is 0.865. The van der Waals surface area contributed by atoms with E-state index in [0.717, 1.165) is 6.42 Å². The van der Waals surface area contributed by atoms with Crippen molar-refractivity contribution < 1.29 is 4.79 Å². The van der Waals surface area contributed by atoms with Crippen molar-refractivity contribution in [1.29, 1.82) is 0 Å². The number of rotatable bonds is 1. The van der Waals surface area contributed by atoms with Crippen LogP contribution in [0.3, 0.4) is 0 Å². The van der Waals surface area contributed by atoms with Gasteiger partial charge in [-0.3, -0.25) is 4.79 Å². The zero-order valence-corrected chi connectivity index (χ0v) is 11.4. The van der Waals surface area contributed by atoms with Gasteiger partial charge >= 0.3 is 0 Å². The van der Waals surface area contributed by atoms with Crippen LogP contribution >= 0.6 is 35.6 Å². The van der Waals surface area contributed by atoms with E-state index in [2.05, 4.69) is 0 Å². The Hall–Kier alpha value is -0.480. The number of hydrogen-bond donors (Lipinski definition) is 1. The smallest absolute Gasteiger partial charge is 0.253 e. The summed E-state index contributed by atoms with van der Waals surface area (Å²) in [4.78, 5) is 13.8. The fourth-order valence-corrected chi connectivity index (χ4v) is 2.08. The van der Waals surface area contributed by atoms with E-state index in [4.69, 9.17) is 28.9 Å². The molecule has 1 fully saturated rings. The van der Waals surface area contributed by atoms with Crippen LogP contribution in [0, 0.1) is 0 Å². The van der Waals surface area contributed by atoms with Crippen molar-refractivity contribution >= 4 is 41.5 Å². The van der Waals surface area contributed by atoms with Crippen LogP contribution < -0.4 is 5.73 Å². The fourth-order valence-electron chi connectivity index (χ4n) is 1.78. The van der Waals surface area contributed by atoms with E-state index in [-0.39, 0.29) is 24.4 Å². The van der Waals surface area contributed by atoms with Gasteiger partial charge in [0.2, 0.25) is 0 Å². The van der Waals surface area contributed by atoms with Gasteiger partial charge in [0.15, 0.2) is 0 Å². The fraction of sp³-hybridized carbons (Fsp3) is 0.364. The summed E-state index contributed by atoms with van der Waals surface area (Å²) in [6.07, 6.45) is 0.854. The first-order valence-corrected chi connectivity index (χ1v) is 5.83. The lowest BCUT2D eigenvalue weighted by molar-refractivity contribution is 0.0791. The minimum absolute atomic E-state index is 0. The Kier molecular flexibility index (Phi) is 5.07. The first-order valence-electron chi connectivity index (χ1n) is 5.08. The average Bonchev–Trinajstić information content (AvgIpc) is 2.68. The maximum absolute atomic E-state index is 12.0. The van der Waals surface area contributed by atoms with Gasteiger partial charge < -0.3 is 10.6 Å². The maximum atomic E-state index is 12.0. The van der Waals surface area contributed by atoms with E-state index < -0.39 is 0 Å². The molecule has 0 aliphatic carbocycles. The summed E-state index contributed by atoms with van der Waals surface area (Å²) in [6.45, 7) is 1.32. The minimum Gasteiger partial charge on any atom is -0.337 e. The van der Waals surface area contributed by atoms with Crippen LogP contribution in [0.1, 0.15) is 16.8 Å². The van der Waals surface area contributed by atoms with E-state index in [0.29, 0.717) is 28.7 Å². The zero-order chi connectivity index (χ0) is 11.7. The van der Waals surface area contributed by atoms with Gasteiger partial charge in [0.05, 0.1) is 10.0 Å². The Bertz CT molecular complexity index is 425. The maximum Gasteiger partial charge on any atom is 0.253 e. The van der Waals surface area contributed by atoms with Crippen LogP contribution in [0.25, 0.3) is 0 Å². The van der Waals surface area contributed by atoms with Gasteiger partial charge in [-0.05, 0) is 24.6 Å². The Morgan fingerprint density at radius 3 is 2.59 bits per heavy atom. The number of benzene rings is 1. The molecule has 3 nitrogen and oxygen atoms in total. The van der Waals surface area contributed by atoms with Crippen molar-refractivity contribution in [3.8, 4) is 0 Å². The predicted molar refractivity (Wildman–Crippen MR) is 72.2 cm³/mol. The van der Waals surface area contributed by atoms with Crippen LogP contribution in [0.15, 0.2) is 18.2 Å². The molecule has 1 heterocycles. The Morgan fingerprint density at radius 2 is 2.06 bits per heavy atom. The van der Waals surface area contributed by atoms with Crippen LogP contribution in [0.2, 0.25) is 10.0 Å². The summed E-state index contributed by atoms with van der Waals surface area (Å²) in [6, 6.07) is 5.00. The Labute approximate surface area is 116 Å². The lowest BCUT2D eigenvalue weighted by atomic mass is 10.2. The first-order chi connectivity index (χ1) is 7.58. The monoisotopic (exact) mass is 294 g/mol. The van der Waals surface area contributed by atoms with Gasteiger partial charge in [-0.1, -0.05) is 23.2 Å². The summed E-state index contributed by atoms with van der Waals surface area (Å²) >= 11 is 11.7. The van der Waals surface area contributed by atoms with Crippen molar-refractivity contribution in [1.82, 2.24) is 4.90 Å². The SMILES string of the molecule is Cl.N[C@H]1CCN(C(=O)c2ccc(Cl)c(Cl)c2)C1. The molecule has 6 heteroatoms. The molecule has 0 unspecified atom stereocenters. The summed E-state index contributed by atoms with van der Waals surface area (Å²) in [7, 11) is 0. The third kappa shape index (κ3) is 3.26. The van der Waals surface area contributed by atoms with Gasteiger partial charge in [0, 0.05) is 24.7 Å². The van der Waals surface area contributed by atoms with Crippen LogP contribution in [0.5, 0.6) is 0 Å². The van der Waals surface area contributed by atoms with E-state index in [1.165, 1.54) is 0 Å². The molecule has 1 aromatic rings. The van der Waals surface area contributed by atoms with E-state index in [1.807, 2.05) is 0 Å². The molecule has 1 atom stereocenters. The van der Waals surface area contributed by atoms with Gasteiger partial charge in [0.1, 0.15) is 0 Å². The van der Waals surface area contributed by atoms with Crippen LogP contribution in [-0.2, 0) is 0 Å². The number of carbonyl (C=O) groups excluding carboxylic acids is 1. The second-order valence-electron chi connectivity index (χ2n) is 3.93. The number of halogens is 3. The van der Waals surface area contributed by atoms with E-state index in [9.17, 15) is 4.79 Å². The van der Waals surface area contributed by atoms with Gasteiger partial charge in [-0.15, -0.1) is 12.4 Å². The molecule has 94 valence electrons. The molecule has 0 radical (unpaired) electrons. The molecule has 0 bridgehead atoms. The van der Waals surface area contributed by atoms with E-state index >= 15 is 0 Å².